The van der Waals surface area contributed by atoms with Crippen molar-refractivity contribution in [1.29, 1.82) is 0 Å². The summed E-state index contributed by atoms with van der Waals surface area (Å²) in [6.45, 7) is 6.97. The Morgan fingerprint density at radius 3 is 2.52 bits per heavy atom. The first-order chi connectivity index (χ1) is 9.82. The van der Waals surface area contributed by atoms with Gasteiger partial charge in [0.15, 0.2) is 6.10 Å². The molecule has 0 heterocycles. The Labute approximate surface area is 125 Å². The van der Waals surface area contributed by atoms with Crippen molar-refractivity contribution in [1.82, 2.24) is 5.32 Å². The minimum Gasteiger partial charge on any atom is -0.481 e. The Hall–Kier alpha value is -2.04. The molecule has 0 saturated carbocycles. The van der Waals surface area contributed by atoms with Crippen molar-refractivity contribution in [3.8, 4) is 5.75 Å². The maximum absolute atomic E-state index is 12.2. The number of hydrogen-bond donors (Lipinski definition) is 2. The van der Waals surface area contributed by atoms with Gasteiger partial charge in [0.25, 0.3) is 5.91 Å². The molecule has 2 unspecified atom stereocenters. The number of carboxylic acids is 1. The predicted molar refractivity (Wildman–Crippen MR) is 80.4 cm³/mol. The van der Waals surface area contributed by atoms with Crippen LogP contribution in [-0.2, 0) is 9.59 Å². The first-order valence-corrected chi connectivity index (χ1v) is 7.11. The molecule has 0 aliphatic rings. The van der Waals surface area contributed by atoms with Crippen molar-refractivity contribution in [2.24, 2.45) is 0 Å². The number of amides is 1. The molecule has 21 heavy (non-hydrogen) atoms. The van der Waals surface area contributed by atoms with Crippen LogP contribution in [0.15, 0.2) is 24.3 Å². The standard InChI is InChI=1S/C16H23NO4/c1-5-13(21-12-9-7-8-11(3)10-12)14(18)17-16(4,6-2)15(19)20/h7-10,13H,5-6H2,1-4H3,(H,17,18)(H,19,20). The topological polar surface area (TPSA) is 75.6 Å². The quantitative estimate of drug-likeness (QED) is 0.810. The lowest BCUT2D eigenvalue weighted by molar-refractivity contribution is -0.148. The minimum absolute atomic E-state index is 0.301. The first kappa shape index (κ1) is 17.0. The van der Waals surface area contributed by atoms with Crippen LogP contribution in [0.25, 0.3) is 0 Å². The molecule has 1 amide bonds. The Kier molecular flexibility index (Phi) is 5.76. The molecular weight excluding hydrogens is 270 g/mol. The lowest BCUT2D eigenvalue weighted by Gasteiger charge is -2.27. The van der Waals surface area contributed by atoms with Crippen LogP contribution in [0.1, 0.15) is 39.2 Å². The number of nitrogens with one attached hydrogen (secondary N) is 1. The van der Waals surface area contributed by atoms with E-state index in [9.17, 15) is 14.7 Å². The van der Waals surface area contributed by atoms with E-state index in [0.717, 1.165) is 5.56 Å². The molecule has 1 aromatic carbocycles. The summed E-state index contributed by atoms with van der Waals surface area (Å²) in [7, 11) is 0. The third kappa shape index (κ3) is 4.48. The molecule has 5 heteroatoms. The maximum atomic E-state index is 12.2. The fourth-order valence-electron chi connectivity index (χ4n) is 1.82. The second-order valence-corrected chi connectivity index (χ2v) is 5.31. The number of aryl methyl sites for hydroxylation is 1. The molecule has 1 rings (SSSR count). The van der Waals surface area contributed by atoms with Gasteiger partial charge in [-0.1, -0.05) is 26.0 Å². The molecular formula is C16H23NO4. The van der Waals surface area contributed by atoms with E-state index in [4.69, 9.17) is 4.74 Å². The average Bonchev–Trinajstić information content (AvgIpc) is 2.44. The number of benzene rings is 1. The lowest BCUT2D eigenvalue weighted by Crippen LogP contribution is -2.55. The highest BCUT2D eigenvalue weighted by Crippen LogP contribution is 2.17. The number of rotatable bonds is 7. The van der Waals surface area contributed by atoms with Gasteiger partial charge in [-0.25, -0.2) is 4.79 Å². The summed E-state index contributed by atoms with van der Waals surface area (Å²) in [5, 5.41) is 11.8. The minimum atomic E-state index is -1.28. The van der Waals surface area contributed by atoms with Crippen molar-refractivity contribution in [3.63, 3.8) is 0 Å². The van der Waals surface area contributed by atoms with Gasteiger partial charge in [0.2, 0.25) is 0 Å². The number of carboxylic acid groups (broad SMARTS) is 1. The van der Waals surface area contributed by atoms with Crippen LogP contribution in [0.2, 0.25) is 0 Å². The molecule has 0 aliphatic heterocycles. The molecule has 5 nitrogen and oxygen atoms in total. The molecule has 0 radical (unpaired) electrons. The highest BCUT2D eigenvalue weighted by molar-refractivity contribution is 5.88. The third-order valence-corrected chi connectivity index (χ3v) is 3.51. The van der Waals surface area contributed by atoms with Crippen molar-refractivity contribution >= 4 is 11.9 Å². The van der Waals surface area contributed by atoms with Gasteiger partial charge in [0.05, 0.1) is 0 Å². The van der Waals surface area contributed by atoms with Gasteiger partial charge in [-0.3, -0.25) is 4.79 Å². The fourth-order valence-corrected chi connectivity index (χ4v) is 1.82. The smallest absolute Gasteiger partial charge is 0.329 e. The normalized spacial score (nSPS) is 14.9. The van der Waals surface area contributed by atoms with Crippen LogP contribution in [0.4, 0.5) is 0 Å². The number of ether oxygens (including phenoxy) is 1. The summed E-state index contributed by atoms with van der Waals surface area (Å²) in [4.78, 5) is 23.5. The molecule has 0 aliphatic carbocycles. The number of aliphatic carboxylic acids is 1. The average molecular weight is 293 g/mol. The summed E-state index contributed by atoms with van der Waals surface area (Å²) in [6, 6.07) is 7.40. The SMILES string of the molecule is CCC(Oc1cccc(C)c1)C(=O)NC(C)(CC)C(=O)O. The van der Waals surface area contributed by atoms with E-state index in [-0.39, 0.29) is 0 Å². The van der Waals surface area contributed by atoms with Gasteiger partial charge in [0.1, 0.15) is 11.3 Å². The van der Waals surface area contributed by atoms with Crippen LogP contribution in [0, 0.1) is 6.92 Å². The molecule has 2 atom stereocenters. The molecule has 0 saturated heterocycles. The highest BCUT2D eigenvalue weighted by atomic mass is 16.5. The Balaban J connectivity index is 2.80. The monoisotopic (exact) mass is 293 g/mol. The van der Waals surface area contributed by atoms with E-state index in [2.05, 4.69) is 5.32 Å². The molecule has 0 fully saturated rings. The van der Waals surface area contributed by atoms with Gasteiger partial charge in [0, 0.05) is 0 Å². The van der Waals surface area contributed by atoms with E-state index in [1.807, 2.05) is 32.0 Å². The zero-order chi connectivity index (χ0) is 16.0. The van der Waals surface area contributed by atoms with Crippen LogP contribution in [0.5, 0.6) is 5.75 Å². The van der Waals surface area contributed by atoms with Crippen molar-refractivity contribution < 1.29 is 19.4 Å². The second-order valence-electron chi connectivity index (χ2n) is 5.31. The van der Waals surface area contributed by atoms with E-state index >= 15 is 0 Å². The molecule has 0 spiro atoms. The van der Waals surface area contributed by atoms with Crippen LogP contribution in [0.3, 0.4) is 0 Å². The third-order valence-electron chi connectivity index (χ3n) is 3.51. The summed E-state index contributed by atoms with van der Waals surface area (Å²) in [5.41, 5.74) is -0.243. The molecule has 0 bridgehead atoms. The molecule has 116 valence electrons. The van der Waals surface area contributed by atoms with Crippen molar-refractivity contribution in [3.05, 3.63) is 29.8 Å². The van der Waals surface area contributed by atoms with Crippen LogP contribution in [-0.4, -0.2) is 28.6 Å². The van der Waals surface area contributed by atoms with Gasteiger partial charge >= 0.3 is 5.97 Å². The van der Waals surface area contributed by atoms with E-state index in [1.54, 1.807) is 13.0 Å². The Bertz CT molecular complexity index is 515. The number of carbonyl (C=O) groups is 2. The predicted octanol–water partition coefficient (Wildman–Crippen LogP) is 2.52. The Morgan fingerprint density at radius 1 is 1.38 bits per heavy atom. The number of hydrogen-bond acceptors (Lipinski definition) is 3. The van der Waals surface area contributed by atoms with E-state index in [1.165, 1.54) is 6.92 Å². The van der Waals surface area contributed by atoms with Crippen molar-refractivity contribution in [2.75, 3.05) is 0 Å². The number of carbonyl (C=O) groups excluding carboxylic acids is 1. The zero-order valence-corrected chi connectivity index (χ0v) is 13.0. The summed E-state index contributed by atoms with van der Waals surface area (Å²) in [6.07, 6.45) is 0.0470. The fraction of sp³-hybridized carbons (Fsp3) is 0.500. The first-order valence-electron chi connectivity index (χ1n) is 7.11. The maximum Gasteiger partial charge on any atom is 0.329 e. The Morgan fingerprint density at radius 2 is 2.05 bits per heavy atom. The zero-order valence-electron chi connectivity index (χ0n) is 13.0. The summed E-state index contributed by atoms with van der Waals surface area (Å²) >= 11 is 0. The van der Waals surface area contributed by atoms with Gasteiger partial charge in [-0.05, 0) is 44.4 Å². The van der Waals surface area contributed by atoms with Crippen LogP contribution < -0.4 is 10.1 Å². The van der Waals surface area contributed by atoms with Crippen molar-refractivity contribution in [2.45, 2.75) is 52.2 Å². The molecule has 0 aromatic heterocycles. The van der Waals surface area contributed by atoms with Crippen LogP contribution >= 0.6 is 0 Å². The highest BCUT2D eigenvalue weighted by Gasteiger charge is 2.35. The van der Waals surface area contributed by atoms with E-state index < -0.39 is 23.5 Å². The summed E-state index contributed by atoms with van der Waals surface area (Å²) < 4.78 is 5.67. The van der Waals surface area contributed by atoms with Gasteiger partial charge < -0.3 is 15.2 Å². The van der Waals surface area contributed by atoms with E-state index in [0.29, 0.717) is 18.6 Å². The van der Waals surface area contributed by atoms with Gasteiger partial charge in [-0.15, -0.1) is 0 Å². The largest absolute Gasteiger partial charge is 0.481 e. The lowest BCUT2D eigenvalue weighted by atomic mass is 9.98. The molecule has 2 N–H and O–H groups in total. The molecule has 1 aromatic rings. The van der Waals surface area contributed by atoms with Gasteiger partial charge in [-0.2, -0.15) is 0 Å². The second kappa shape index (κ2) is 7.11. The summed E-state index contributed by atoms with van der Waals surface area (Å²) in [5.74, 6) is -0.861.